The number of carbonyl (C=O) groups is 1. The number of amides is 1. The molecule has 3 heteroatoms. The van der Waals surface area contributed by atoms with Gasteiger partial charge < -0.3 is 5.32 Å². The van der Waals surface area contributed by atoms with Crippen LogP contribution in [0.1, 0.15) is 13.8 Å². The summed E-state index contributed by atoms with van der Waals surface area (Å²) >= 11 is 5.49. The summed E-state index contributed by atoms with van der Waals surface area (Å²) in [6.45, 7) is 7.21. The molecule has 1 amide bonds. The van der Waals surface area contributed by atoms with Gasteiger partial charge in [-0.15, -0.1) is 18.2 Å². The van der Waals surface area contributed by atoms with Crippen LogP contribution in [0.4, 0.5) is 0 Å². The Morgan fingerprint density at radius 3 is 2.64 bits per heavy atom. The van der Waals surface area contributed by atoms with Crippen LogP contribution in [0.15, 0.2) is 12.7 Å². The summed E-state index contributed by atoms with van der Waals surface area (Å²) < 4.78 is 0. The maximum atomic E-state index is 11.1. The van der Waals surface area contributed by atoms with Gasteiger partial charge >= 0.3 is 0 Å². The molecule has 0 aliphatic rings. The van der Waals surface area contributed by atoms with Crippen LogP contribution in [0, 0.1) is 5.92 Å². The Labute approximate surface area is 72.6 Å². The van der Waals surface area contributed by atoms with E-state index in [0.29, 0.717) is 5.88 Å². The second kappa shape index (κ2) is 5.19. The van der Waals surface area contributed by atoms with Gasteiger partial charge in [0.25, 0.3) is 0 Å². The second-order valence-corrected chi connectivity index (χ2v) is 2.90. The fourth-order valence-corrected chi connectivity index (χ4v) is 0.636. The van der Waals surface area contributed by atoms with Crippen molar-refractivity contribution in [2.75, 3.05) is 5.88 Å². The summed E-state index contributed by atoms with van der Waals surface area (Å²) in [7, 11) is 0. The van der Waals surface area contributed by atoms with Crippen molar-refractivity contribution in [3.63, 3.8) is 0 Å². The minimum Gasteiger partial charge on any atom is -0.350 e. The lowest BCUT2D eigenvalue weighted by Gasteiger charge is -2.12. The highest BCUT2D eigenvalue weighted by Crippen LogP contribution is 1.98. The molecule has 0 saturated heterocycles. The molecule has 0 saturated carbocycles. The maximum Gasteiger partial charge on any atom is 0.224 e. The van der Waals surface area contributed by atoms with E-state index < -0.39 is 0 Å². The van der Waals surface area contributed by atoms with Crippen LogP contribution in [-0.4, -0.2) is 17.8 Å². The van der Waals surface area contributed by atoms with Crippen molar-refractivity contribution >= 4 is 17.5 Å². The molecule has 0 spiro atoms. The molecule has 0 aromatic rings. The molecule has 11 heavy (non-hydrogen) atoms. The number of alkyl halides is 1. The predicted molar refractivity (Wildman–Crippen MR) is 47.7 cm³/mol. The number of hydrogen-bond donors (Lipinski definition) is 1. The molecule has 0 bridgehead atoms. The first-order chi connectivity index (χ1) is 5.11. The molecule has 1 N–H and O–H groups in total. The van der Waals surface area contributed by atoms with E-state index in [0.717, 1.165) is 0 Å². The summed E-state index contributed by atoms with van der Waals surface area (Å²) in [4.78, 5) is 11.1. The summed E-state index contributed by atoms with van der Waals surface area (Å²) in [6, 6.07) is 0.0215. The average molecular weight is 176 g/mol. The van der Waals surface area contributed by atoms with Crippen molar-refractivity contribution < 1.29 is 4.79 Å². The maximum absolute atomic E-state index is 11.1. The SMILES string of the molecule is C=CC(C)NC(=O)C(C)CCl. The topological polar surface area (TPSA) is 29.1 Å². The van der Waals surface area contributed by atoms with Gasteiger partial charge in [0.2, 0.25) is 5.91 Å². The second-order valence-electron chi connectivity index (χ2n) is 2.59. The predicted octanol–water partition coefficient (Wildman–Crippen LogP) is 1.55. The van der Waals surface area contributed by atoms with E-state index in [1.165, 1.54) is 0 Å². The van der Waals surface area contributed by atoms with Crippen LogP contribution in [0.5, 0.6) is 0 Å². The molecule has 64 valence electrons. The van der Waals surface area contributed by atoms with Crippen molar-refractivity contribution in [3.05, 3.63) is 12.7 Å². The molecule has 0 radical (unpaired) electrons. The van der Waals surface area contributed by atoms with E-state index in [1.54, 1.807) is 13.0 Å². The molecule has 0 heterocycles. The third kappa shape index (κ3) is 4.04. The lowest BCUT2D eigenvalue weighted by atomic mass is 10.2. The van der Waals surface area contributed by atoms with E-state index in [2.05, 4.69) is 11.9 Å². The van der Waals surface area contributed by atoms with E-state index in [-0.39, 0.29) is 17.9 Å². The highest BCUT2D eigenvalue weighted by atomic mass is 35.5. The average Bonchev–Trinajstić information content (AvgIpc) is 2.02. The van der Waals surface area contributed by atoms with E-state index in [1.807, 2.05) is 6.92 Å². The number of rotatable bonds is 4. The molecule has 0 aromatic heterocycles. The Balaban J connectivity index is 3.76. The van der Waals surface area contributed by atoms with Crippen LogP contribution in [0.2, 0.25) is 0 Å². The normalized spacial score (nSPS) is 15.2. The first-order valence-corrected chi connectivity index (χ1v) is 4.14. The molecule has 2 nitrogen and oxygen atoms in total. The minimum absolute atomic E-state index is 0.0209. The number of hydrogen-bond acceptors (Lipinski definition) is 1. The molecule has 0 aliphatic heterocycles. The first-order valence-electron chi connectivity index (χ1n) is 3.60. The number of carbonyl (C=O) groups excluding carboxylic acids is 1. The van der Waals surface area contributed by atoms with Crippen molar-refractivity contribution in [2.45, 2.75) is 19.9 Å². The summed E-state index contributed by atoms with van der Waals surface area (Å²) in [5.74, 6) is 0.210. The quantitative estimate of drug-likeness (QED) is 0.510. The van der Waals surface area contributed by atoms with E-state index in [4.69, 9.17) is 11.6 Å². The minimum atomic E-state index is -0.126. The summed E-state index contributed by atoms with van der Waals surface area (Å²) in [5.41, 5.74) is 0. The van der Waals surface area contributed by atoms with Crippen molar-refractivity contribution in [2.24, 2.45) is 5.92 Å². The Kier molecular flexibility index (Phi) is 4.95. The Hall–Kier alpha value is -0.500. The zero-order chi connectivity index (χ0) is 8.85. The van der Waals surface area contributed by atoms with Crippen LogP contribution in [0.25, 0.3) is 0 Å². The van der Waals surface area contributed by atoms with E-state index >= 15 is 0 Å². The van der Waals surface area contributed by atoms with Gasteiger partial charge in [-0.25, -0.2) is 0 Å². The fourth-order valence-electron chi connectivity index (χ4n) is 0.496. The number of halogens is 1. The highest BCUT2D eigenvalue weighted by Gasteiger charge is 2.11. The number of nitrogens with one attached hydrogen (secondary N) is 1. The highest BCUT2D eigenvalue weighted by molar-refractivity contribution is 6.19. The molecule has 0 aliphatic carbocycles. The van der Waals surface area contributed by atoms with Gasteiger partial charge in [0.05, 0.1) is 0 Å². The van der Waals surface area contributed by atoms with Crippen molar-refractivity contribution in [3.8, 4) is 0 Å². The third-order valence-electron chi connectivity index (χ3n) is 1.40. The lowest BCUT2D eigenvalue weighted by molar-refractivity contribution is -0.124. The van der Waals surface area contributed by atoms with Gasteiger partial charge in [0, 0.05) is 17.8 Å². The summed E-state index contributed by atoms with van der Waals surface area (Å²) in [6.07, 6.45) is 1.68. The van der Waals surface area contributed by atoms with Gasteiger partial charge in [-0.3, -0.25) is 4.79 Å². The molecule has 2 atom stereocenters. The van der Waals surface area contributed by atoms with Gasteiger partial charge in [-0.2, -0.15) is 0 Å². The van der Waals surface area contributed by atoms with Gasteiger partial charge in [-0.1, -0.05) is 13.0 Å². The van der Waals surface area contributed by atoms with E-state index in [9.17, 15) is 4.79 Å². The molecular weight excluding hydrogens is 162 g/mol. The fraction of sp³-hybridized carbons (Fsp3) is 0.625. The third-order valence-corrected chi connectivity index (χ3v) is 1.87. The van der Waals surface area contributed by atoms with Gasteiger partial charge in [-0.05, 0) is 6.92 Å². The zero-order valence-electron chi connectivity index (χ0n) is 6.93. The van der Waals surface area contributed by atoms with Crippen molar-refractivity contribution in [1.29, 1.82) is 0 Å². The monoisotopic (exact) mass is 175 g/mol. The van der Waals surface area contributed by atoms with Crippen molar-refractivity contribution in [1.82, 2.24) is 5.32 Å². The Bertz CT molecular complexity index is 147. The molecule has 0 aromatic carbocycles. The molecule has 0 rings (SSSR count). The Morgan fingerprint density at radius 2 is 2.27 bits per heavy atom. The van der Waals surface area contributed by atoms with Gasteiger partial charge in [0.15, 0.2) is 0 Å². The molecule has 0 fully saturated rings. The van der Waals surface area contributed by atoms with Crippen LogP contribution in [-0.2, 0) is 4.79 Å². The largest absolute Gasteiger partial charge is 0.350 e. The zero-order valence-corrected chi connectivity index (χ0v) is 7.69. The first kappa shape index (κ1) is 10.5. The van der Waals surface area contributed by atoms with Crippen LogP contribution in [0.3, 0.4) is 0 Å². The van der Waals surface area contributed by atoms with Gasteiger partial charge in [0.1, 0.15) is 0 Å². The standard InChI is InChI=1S/C8H14ClNO/c1-4-7(3)10-8(11)6(2)5-9/h4,6-7H,1,5H2,2-3H3,(H,10,11). The summed E-state index contributed by atoms with van der Waals surface area (Å²) in [5, 5.41) is 2.74. The molecule has 2 unspecified atom stereocenters. The van der Waals surface area contributed by atoms with Crippen LogP contribution < -0.4 is 5.32 Å². The Morgan fingerprint density at radius 1 is 1.73 bits per heavy atom. The molecular formula is C8H14ClNO. The van der Waals surface area contributed by atoms with Crippen LogP contribution >= 0.6 is 11.6 Å². The lowest BCUT2D eigenvalue weighted by Crippen LogP contribution is -2.35. The smallest absolute Gasteiger partial charge is 0.224 e.